The maximum absolute atomic E-state index is 14.3. The summed E-state index contributed by atoms with van der Waals surface area (Å²) in [4.78, 5) is 0. The normalized spacial score (nSPS) is 30.2. The number of nitrogens with zero attached hydrogens (tertiary/aromatic N) is 2. The molecular formula is C13H20FN3. The highest BCUT2D eigenvalue weighted by Gasteiger charge is 2.34. The molecule has 1 saturated heterocycles. The maximum atomic E-state index is 14.3. The van der Waals surface area contributed by atoms with Crippen LogP contribution in [0.1, 0.15) is 43.8 Å². The molecule has 2 heterocycles. The lowest BCUT2D eigenvalue weighted by atomic mass is 9.99. The number of aromatic nitrogens is 2. The topological polar surface area (TPSA) is 29.9 Å². The Labute approximate surface area is 101 Å². The number of halogens is 1. The first-order valence-electron chi connectivity index (χ1n) is 6.69. The number of nitrogens with one attached hydrogen (secondary N) is 1. The molecule has 1 saturated carbocycles. The fourth-order valence-electron chi connectivity index (χ4n) is 3.03. The van der Waals surface area contributed by atoms with Crippen molar-refractivity contribution in [1.82, 2.24) is 15.1 Å². The van der Waals surface area contributed by atoms with Gasteiger partial charge in [-0.25, -0.2) is 4.39 Å². The molecule has 0 bridgehead atoms. The van der Waals surface area contributed by atoms with Crippen LogP contribution < -0.4 is 5.32 Å². The molecule has 1 aliphatic carbocycles. The SMILES string of the molecule is FC1(Cc2ccn(C3CCCC3)n2)CCNC1. The van der Waals surface area contributed by atoms with Crippen LogP contribution in [0, 0.1) is 0 Å². The summed E-state index contributed by atoms with van der Waals surface area (Å²) in [5.74, 6) is 0. The molecule has 94 valence electrons. The minimum absolute atomic E-state index is 0.458. The zero-order valence-electron chi connectivity index (χ0n) is 10.2. The van der Waals surface area contributed by atoms with E-state index >= 15 is 0 Å². The summed E-state index contributed by atoms with van der Waals surface area (Å²) in [6, 6.07) is 2.54. The highest BCUT2D eigenvalue weighted by Crippen LogP contribution is 2.30. The van der Waals surface area contributed by atoms with Gasteiger partial charge in [-0.05, 0) is 31.9 Å². The van der Waals surface area contributed by atoms with Crippen molar-refractivity contribution in [2.75, 3.05) is 13.1 Å². The predicted molar refractivity (Wildman–Crippen MR) is 64.8 cm³/mol. The molecule has 1 unspecified atom stereocenters. The van der Waals surface area contributed by atoms with Crippen molar-refractivity contribution in [3.05, 3.63) is 18.0 Å². The predicted octanol–water partition coefficient (Wildman–Crippen LogP) is 2.24. The van der Waals surface area contributed by atoms with E-state index in [1.54, 1.807) is 0 Å². The van der Waals surface area contributed by atoms with Crippen LogP contribution in [0.3, 0.4) is 0 Å². The van der Waals surface area contributed by atoms with Crippen molar-refractivity contribution in [3.63, 3.8) is 0 Å². The lowest BCUT2D eigenvalue weighted by Crippen LogP contribution is -2.29. The van der Waals surface area contributed by atoms with E-state index < -0.39 is 5.67 Å². The highest BCUT2D eigenvalue weighted by molar-refractivity contribution is 5.07. The van der Waals surface area contributed by atoms with Crippen LogP contribution in [0.15, 0.2) is 12.3 Å². The number of hydrogen-bond acceptors (Lipinski definition) is 2. The van der Waals surface area contributed by atoms with Crippen LogP contribution >= 0.6 is 0 Å². The molecule has 0 amide bonds. The quantitative estimate of drug-likeness (QED) is 0.873. The third-order valence-electron chi connectivity index (χ3n) is 4.05. The van der Waals surface area contributed by atoms with Crippen molar-refractivity contribution in [1.29, 1.82) is 0 Å². The van der Waals surface area contributed by atoms with Crippen LogP contribution in [-0.2, 0) is 6.42 Å². The first-order valence-corrected chi connectivity index (χ1v) is 6.69. The average Bonchev–Trinajstić information content (AvgIpc) is 2.98. The zero-order valence-corrected chi connectivity index (χ0v) is 10.2. The Kier molecular flexibility index (Phi) is 2.90. The smallest absolute Gasteiger partial charge is 0.130 e. The summed E-state index contributed by atoms with van der Waals surface area (Å²) >= 11 is 0. The molecule has 1 aromatic rings. The van der Waals surface area contributed by atoms with Crippen LogP contribution in [0.25, 0.3) is 0 Å². The third-order valence-corrected chi connectivity index (χ3v) is 4.05. The Balaban J connectivity index is 1.67. The molecule has 0 radical (unpaired) electrons. The van der Waals surface area contributed by atoms with Crippen LogP contribution in [0.5, 0.6) is 0 Å². The van der Waals surface area contributed by atoms with E-state index in [1.807, 2.05) is 16.9 Å². The molecule has 3 nitrogen and oxygen atoms in total. The van der Waals surface area contributed by atoms with Crippen LogP contribution in [0.4, 0.5) is 4.39 Å². The molecule has 4 heteroatoms. The minimum Gasteiger partial charge on any atom is -0.313 e. The first kappa shape index (κ1) is 11.2. The summed E-state index contributed by atoms with van der Waals surface area (Å²) in [7, 11) is 0. The van der Waals surface area contributed by atoms with E-state index in [4.69, 9.17) is 0 Å². The van der Waals surface area contributed by atoms with Crippen LogP contribution in [0.2, 0.25) is 0 Å². The van der Waals surface area contributed by atoms with E-state index in [0.717, 1.165) is 12.2 Å². The fourth-order valence-corrected chi connectivity index (χ4v) is 3.03. The maximum Gasteiger partial charge on any atom is 0.130 e. The summed E-state index contributed by atoms with van der Waals surface area (Å²) in [6.07, 6.45) is 8.15. The van der Waals surface area contributed by atoms with Crippen LogP contribution in [-0.4, -0.2) is 28.5 Å². The van der Waals surface area contributed by atoms with Crippen molar-refractivity contribution >= 4 is 0 Å². The molecular weight excluding hydrogens is 217 g/mol. The number of hydrogen-bond donors (Lipinski definition) is 1. The van der Waals surface area contributed by atoms with Crippen molar-refractivity contribution < 1.29 is 4.39 Å². The lowest BCUT2D eigenvalue weighted by molar-refractivity contribution is 0.188. The second-order valence-corrected chi connectivity index (χ2v) is 5.48. The first-order chi connectivity index (χ1) is 8.25. The van der Waals surface area contributed by atoms with Gasteiger partial charge < -0.3 is 5.32 Å². The molecule has 3 rings (SSSR count). The zero-order chi connectivity index (χ0) is 11.7. The summed E-state index contributed by atoms with van der Waals surface area (Å²) < 4.78 is 16.3. The Morgan fingerprint density at radius 3 is 3.00 bits per heavy atom. The molecule has 1 aromatic heterocycles. The molecule has 0 aromatic carbocycles. The Morgan fingerprint density at radius 2 is 2.29 bits per heavy atom. The van der Waals surface area contributed by atoms with E-state index in [0.29, 0.717) is 25.4 Å². The molecule has 2 fully saturated rings. The third kappa shape index (κ3) is 2.37. The molecule has 0 spiro atoms. The van der Waals surface area contributed by atoms with Crippen molar-refractivity contribution in [3.8, 4) is 0 Å². The molecule has 1 atom stereocenters. The molecule has 1 aliphatic heterocycles. The second-order valence-electron chi connectivity index (χ2n) is 5.48. The van der Waals surface area contributed by atoms with Gasteiger partial charge >= 0.3 is 0 Å². The summed E-state index contributed by atoms with van der Waals surface area (Å²) in [6.45, 7) is 1.27. The Hall–Kier alpha value is -0.900. The van der Waals surface area contributed by atoms with Gasteiger partial charge in [-0.3, -0.25) is 4.68 Å². The standard InChI is InChI=1S/C13H20FN3/c14-13(6-7-15-10-13)9-11-5-8-17(16-11)12-3-1-2-4-12/h5,8,12,15H,1-4,6-7,9-10H2. The second kappa shape index (κ2) is 4.41. The Bertz CT molecular complexity index is 376. The highest BCUT2D eigenvalue weighted by atomic mass is 19.1. The summed E-state index contributed by atoms with van der Waals surface area (Å²) in [5, 5.41) is 7.64. The van der Waals surface area contributed by atoms with Gasteiger partial charge in [0.05, 0.1) is 11.7 Å². The van der Waals surface area contributed by atoms with Gasteiger partial charge in [0.2, 0.25) is 0 Å². The van der Waals surface area contributed by atoms with Gasteiger partial charge in [0.15, 0.2) is 0 Å². The number of rotatable bonds is 3. The largest absolute Gasteiger partial charge is 0.313 e. The van der Waals surface area contributed by atoms with Gasteiger partial charge in [-0.2, -0.15) is 5.10 Å². The van der Waals surface area contributed by atoms with E-state index in [-0.39, 0.29) is 0 Å². The molecule has 2 aliphatic rings. The van der Waals surface area contributed by atoms with Crippen molar-refractivity contribution in [2.24, 2.45) is 0 Å². The van der Waals surface area contributed by atoms with E-state index in [2.05, 4.69) is 10.4 Å². The minimum atomic E-state index is -1.07. The van der Waals surface area contributed by atoms with Gasteiger partial charge in [0.25, 0.3) is 0 Å². The lowest BCUT2D eigenvalue weighted by Gasteiger charge is -2.16. The van der Waals surface area contributed by atoms with Crippen molar-refractivity contribution in [2.45, 2.75) is 50.2 Å². The Morgan fingerprint density at radius 1 is 1.47 bits per heavy atom. The summed E-state index contributed by atoms with van der Waals surface area (Å²) in [5.41, 5.74) is -0.169. The van der Waals surface area contributed by atoms with Gasteiger partial charge in [0.1, 0.15) is 5.67 Å². The van der Waals surface area contributed by atoms with Gasteiger partial charge in [0, 0.05) is 19.2 Å². The van der Waals surface area contributed by atoms with E-state index in [9.17, 15) is 4.39 Å². The van der Waals surface area contributed by atoms with Gasteiger partial charge in [-0.1, -0.05) is 12.8 Å². The van der Waals surface area contributed by atoms with Gasteiger partial charge in [-0.15, -0.1) is 0 Å². The number of alkyl halides is 1. The average molecular weight is 237 g/mol. The molecule has 1 N–H and O–H groups in total. The monoisotopic (exact) mass is 237 g/mol. The molecule has 17 heavy (non-hydrogen) atoms. The van der Waals surface area contributed by atoms with E-state index in [1.165, 1.54) is 25.7 Å². The fraction of sp³-hybridized carbons (Fsp3) is 0.769.